The molecule has 12 heteroatoms. The van der Waals surface area contributed by atoms with Gasteiger partial charge in [-0.3, -0.25) is 9.28 Å². The Hall–Kier alpha value is -2.37. The topological polar surface area (TPSA) is 85.4 Å². The van der Waals surface area contributed by atoms with Gasteiger partial charge in [0.05, 0.1) is 30.9 Å². The van der Waals surface area contributed by atoms with Crippen LogP contribution in [-0.4, -0.2) is 56.3 Å². The number of benzene rings is 1. The van der Waals surface area contributed by atoms with Crippen LogP contribution in [0, 0.1) is 0 Å². The van der Waals surface area contributed by atoms with E-state index in [0.29, 0.717) is 17.3 Å². The first-order chi connectivity index (χ1) is 17.0. The second-order valence-corrected chi connectivity index (χ2v) is 13.0. The van der Waals surface area contributed by atoms with Crippen molar-refractivity contribution in [3.63, 3.8) is 0 Å². The number of alkyl halides is 3. The first-order valence-corrected chi connectivity index (χ1v) is 14.2. The molecule has 2 fully saturated rings. The summed E-state index contributed by atoms with van der Waals surface area (Å²) in [5.74, 6) is -0.967. The van der Waals surface area contributed by atoms with Crippen molar-refractivity contribution in [1.29, 1.82) is 0 Å². The molecule has 1 N–H and O–H groups in total. The Morgan fingerprint density at radius 1 is 1.14 bits per heavy atom. The van der Waals surface area contributed by atoms with E-state index in [-0.39, 0.29) is 28.2 Å². The molecule has 1 amide bonds. The molecule has 0 saturated carbocycles. The lowest BCUT2D eigenvalue weighted by Crippen LogP contribution is -2.63. The van der Waals surface area contributed by atoms with Crippen molar-refractivity contribution in [2.24, 2.45) is 0 Å². The Labute approximate surface area is 219 Å². The minimum atomic E-state index is -4.69. The third-order valence-electron chi connectivity index (χ3n) is 7.61. The van der Waals surface area contributed by atoms with Crippen molar-refractivity contribution < 1.29 is 31.1 Å². The zero-order chi connectivity index (χ0) is 27.4. The average Bonchev–Trinajstić information content (AvgIpc) is 2.95. The number of nitrogens with zero attached hydrogens (tertiary/aromatic N) is 2. The normalized spacial score (nSPS) is 26.1. The van der Waals surface area contributed by atoms with Crippen LogP contribution in [0.4, 0.5) is 18.9 Å². The molecular formula is C25H30ClF3N3O4S+. The fourth-order valence-corrected chi connectivity index (χ4v) is 6.29. The smallest absolute Gasteiger partial charge is 0.420 e. The van der Waals surface area contributed by atoms with E-state index in [0.717, 1.165) is 36.9 Å². The number of piperidine rings is 1. The average molecular weight is 561 g/mol. The van der Waals surface area contributed by atoms with Crippen LogP contribution < -0.4 is 14.5 Å². The molecule has 3 heterocycles. The van der Waals surface area contributed by atoms with Crippen LogP contribution >= 0.6 is 11.6 Å². The van der Waals surface area contributed by atoms with Gasteiger partial charge in [-0.15, -0.1) is 0 Å². The van der Waals surface area contributed by atoms with Gasteiger partial charge in [0.25, 0.3) is 5.91 Å². The minimum Gasteiger partial charge on any atom is -0.477 e. The van der Waals surface area contributed by atoms with Gasteiger partial charge in [-0.25, -0.2) is 13.4 Å². The number of hydrogen-bond acceptors (Lipinski definition) is 5. The van der Waals surface area contributed by atoms with Gasteiger partial charge in [-0.1, -0.05) is 11.6 Å². The highest BCUT2D eigenvalue weighted by Crippen LogP contribution is 2.45. The minimum absolute atomic E-state index is 0.0222. The van der Waals surface area contributed by atoms with E-state index in [4.69, 9.17) is 16.3 Å². The number of amides is 1. The molecule has 2 aliphatic rings. The van der Waals surface area contributed by atoms with Gasteiger partial charge in [0, 0.05) is 49.1 Å². The summed E-state index contributed by atoms with van der Waals surface area (Å²) >= 11 is 5.75. The first kappa shape index (κ1) is 27.7. The molecule has 1 aromatic carbocycles. The van der Waals surface area contributed by atoms with Gasteiger partial charge in [0.15, 0.2) is 26.2 Å². The Kier molecular flexibility index (Phi) is 7.05. The maximum atomic E-state index is 13.5. The van der Waals surface area contributed by atoms with Crippen molar-refractivity contribution in [2.45, 2.75) is 74.5 Å². The number of nitrogens with one attached hydrogen (secondary N) is 1. The highest BCUT2D eigenvalue weighted by atomic mass is 35.5. The van der Waals surface area contributed by atoms with Crippen molar-refractivity contribution in [2.75, 3.05) is 13.3 Å². The maximum Gasteiger partial charge on any atom is 0.420 e. The van der Waals surface area contributed by atoms with E-state index in [1.807, 2.05) is 0 Å². The van der Waals surface area contributed by atoms with Gasteiger partial charge in [0.1, 0.15) is 5.75 Å². The quantitative estimate of drug-likeness (QED) is 0.515. The molecule has 2 unspecified atom stereocenters. The van der Waals surface area contributed by atoms with Crippen LogP contribution in [0.25, 0.3) is 0 Å². The summed E-state index contributed by atoms with van der Waals surface area (Å²) in [4.78, 5) is 17.3. The molecule has 2 bridgehead atoms. The summed E-state index contributed by atoms with van der Waals surface area (Å²) in [6.07, 6.45) is 1.23. The van der Waals surface area contributed by atoms with Crippen molar-refractivity contribution in [3.05, 3.63) is 47.1 Å². The third-order valence-corrected chi connectivity index (χ3v) is 8.85. The number of quaternary nitrogens is 1. The maximum absolute atomic E-state index is 13.5. The van der Waals surface area contributed by atoms with Crippen LogP contribution in [0.15, 0.2) is 41.6 Å². The Bertz CT molecular complexity index is 1290. The number of carbonyl (C=O) groups is 1. The summed E-state index contributed by atoms with van der Waals surface area (Å²) in [6, 6.07) is 6.68. The fraction of sp³-hybridized carbons (Fsp3) is 0.520. The van der Waals surface area contributed by atoms with Crippen LogP contribution in [0.2, 0.25) is 5.02 Å². The third kappa shape index (κ3) is 5.44. The number of pyridine rings is 1. The van der Waals surface area contributed by atoms with E-state index in [1.54, 1.807) is 12.3 Å². The largest absolute Gasteiger partial charge is 0.477 e. The number of carbonyl (C=O) groups excluding carboxylic acids is 1. The van der Waals surface area contributed by atoms with E-state index < -0.39 is 38.8 Å². The Morgan fingerprint density at radius 3 is 2.27 bits per heavy atom. The highest BCUT2D eigenvalue weighted by Gasteiger charge is 2.53. The monoisotopic (exact) mass is 560 g/mol. The number of rotatable bonds is 6. The van der Waals surface area contributed by atoms with E-state index in [1.165, 1.54) is 26.0 Å². The molecule has 4 rings (SSSR count). The SMILES string of the molecule is CC(C)(Oc1ccc(Cl)cc1C(F)(F)F)C(=O)NC1CC2CCC(C1)[N+]2(C)c1ccc(S(C)(=O)=O)nc1. The second kappa shape index (κ2) is 9.43. The Balaban J connectivity index is 1.47. The molecule has 0 spiro atoms. The lowest BCUT2D eigenvalue weighted by Gasteiger charge is -2.46. The number of sulfone groups is 1. The van der Waals surface area contributed by atoms with Gasteiger partial charge < -0.3 is 10.1 Å². The zero-order valence-electron chi connectivity index (χ0n) is 21.0. The highest BCUT2D eigenvalue weighted by molar-refractivity contribution is 7.90. The predicted octanol–water partition coefficient (Wildman–Crippen LogP) is 4.76. The molecule has 202 valence electrons. The second-order valence-electron chi connectivity index (χ2n) is 10.6. The number of fused-ring (bicyclic) bond motifs is 2. The van der Waals surface area contributed by atoms with Crippen LogP contribution in [0.5, 0.6) is 5.75 Å². The van der Waals surface area contributed by atoms with Gasteiger partial charge in [-0.2, -0.15) is 13.2 Å². The van der Waals surface area contributed by atoms with E-state index in [9.17, 15) is 26.4 Å². The lowest BCUT2D eigenvalue weighted by molar-refractivity contribution is -0.144. The van der Waals surface area contributed by atoms with Gasteiger partial charge >= 0.3 is 6.18 Å². The number of hydrogen-bond donors (Lipinski definition) is 1. The van der Waals surface area contributed by atoms with E-state index >= 15 is 0 Å². The summed E-state index contributed by atoms with van der Waals surface area (Å²) in [5, 5.41) is 2.93. The molecule has 2 saturated heterocycles. The molecule has 2 aromatic rings. The summed E-state index contributed by atoms with van der Waals surface area (Å²) in [6.45, 7) is 2.87. The standard InChI is InChI=1S/C25H29ClF3N3O4S/c1-24(2,36-21-9-5-15(26)11-20(21)25(27,28)29)23(33)31-16-12-17-6-7-18(13-16)32(17,3)19-8-10-22(30-14-19)37(4,34)35/h5,8-11,14,16-18H,6-7,12-13H2,1-4H3/p+1. The van der Waals surface area contributed by atoms with Crippen LogP contribution in [0.3, 0.4) is 0 Å². The number of halogens is 4. The Morgan fingerprint density at radius 2 is 1.76 bits per heavy atom. The predicted molar refractivity (Wildman–Crippen MR) is 134 cm³/mol. The summed E-state index contributed by atoms with van der Waals surface area (Å²) in [7, 11) is -1.30. The lowest BCUT2D eigenvalue weighted by atomic mass is 9.93. The van der Waals surface area contributed by atoms with Crippen LogP contribution in [-0.2, 0) is 20.8 Å². The molecule has 2 atom stereocenters. The van der Waals surface area contributed by atoms with Gasteiger partial charge in [0.2, 0.25) is 0 Å². The van der Waals surface area contributed by atoms with Gasteiger partial charge in [-0.05, 0) is 38.1 Å². The molecule has 2 aliphatic heterocycles. The molecule has 7 nitrogen and oxygen atoms in total. The van der Waals surface area contributed by atoms with Crippen molar-refractivity contribution in [1.82, 2.24) is 14.8 Å². The molecule has 1 aromatic heterocycles. The molecule has 0 radical (unpaired) electrons. The molecule has 37 heavy (non-hydrogen) atoms. The summed E-state index contributed by atoms with van der Waals surface area (Å²) < 4.78 is 70.2. The zero-order valence-corrected chi connectivity index (χ0v) is 22.5. The number of aromatic nitrogens is 1. The van der Waals surface area contributed by atoms with Crippen molar-refractivity contribution >= 4 is 33.0 Å². The fourth-order valence-electron chi connectivity index (χ4n) is 5.56. The first-order valence-electron chi connectivity index (χ1n) is 11.9. The molecule has 0 aliphatic carbocycles. The summed E-state index contributed by atoms with van der Waals surface area (Å²) in [5.41, 5.74) is -1.69. The van der Waals surface area contributed by atoms with E-state index in [2.05, 4.69) is 17.3 Å². The number of ether oxygens (including phenoxy) is 1. The van der Waals surface area contributed by atoms with Crippen LogP contribution in [0.1, 0.15) is 45.1 Å². The van der Waals surface area contributed by atoms with Crippen molar-refractivity contribution in [3.8, 4) is 5.75 Å². The molecular weight excluding hydrogens is 531 g/mol.